The van der Waals surface area contributed by atoms with Crippen LogP contribution in [0.5, 0.6) is 0 Å². The topological polar surface area (TPSA) is 41.5 Å². The van der Waals surface area contributed by atoms with Crippen molar-refractivity contribution in [1.29, 1.82) is 0 Å². The maximum absolute atomic E-state index is 9.73. The van der Waals surface area contributed by atoms with Crippen molar-refractivity contribution < 1.29 is 9.84 Å². The summed E-state index contributed by atoms with van der Waals surface area (Å²) in [7, 11) is 0. The Morgan fingerprint density at radius 2 is 2.26 bits per heavy atom. The predicted octanol–water partition coefficient (Wildman–Crippen LogP) is 2.69. The zero-order valence-electron chi connectivity index (χ0n) is 12.1. The van der Waals surface area contributed by atoms with Crippen molar-refractivity contribution in [2.75, 3.05) is 26.3 Å². The lowest BCUT2D eigenvalue weighted by Gasteiger charge is -2.12. The number of rotatable bonds is 11. The van der Waals surface area contributed by atoms with Crippen LogP contribution in [0.2, 0.25) is 0 Å². The summed E-state index contributed by atoms with van der Waals surface area (Å²) >= 11 is 1.72. The van der Waals surface area contributed by atoms with Gasteiger partial charge in [0, 0.05) is 13.2 Å². The third-order valence-electron chi connectivity index (χ3n) is 2.93. The Morgan fingerprint density at radius 1 is 1.42 bits per heavy atom. The molecule has 0 aliphatic carbocycles. The van der Waals surface area contributed by atoms with Gasteiger partial charge in [-0.2, -0.15) is 11.3 Å². The van der Waals surface area contributed by atoms with Crippen molar-refractivity contribution in [2.24, 2.45) is 5.92 Å². The molecule has 1 heterocycles. The fourth-order valence-electron chi connectivity index (χ4n) is 1.81. The van der Waals surface area contributed by atoms with E-state index in [1.54, 1.807) is 11.3 Å². The highest BCUT2D eigenvalue weighted by atomic mass is 32.1. The minimum absolute atomic E-state index is 0.401. The molecule has 0 amide bonds. The van der Waals surface area contributed by atoms with Crippen LogP contribution >= 0.6 is 11.3 Å². The van der Waals surface area contributed by atoms with Crippen molar-refractivity contribution in [3.8, 4) is 0 Å². The maximum Gasteiger partial charge on any atom is 0.0897 e. The van der Waals surface area contributed by atoms with E-state index >= 15 is 0 Å². The Hall–Kier alpha value is -0.420. The van der Waals surface area contributed by atoms with E-state index in [4.69, 9.17) is 4.74 Å². The van der Waals surface area contributed by atoms with Gasteiger partial charge in [-0.15, -0.1) is 0 Å². The summed E-state index contributed by atoms with van der Waals surface area (Å²) in [5.41, 5.74) is 1.36. The SMILES string of the molecule is CC(C)CCCOCC(O)CNCCc1ccsc1. The number of ether oxygens (including phenoxy) is 1. The molecule has 0 spiro atoms. The van der Waals surface area contributed by atoms with E-state index in [9.17, 15) is 5.11 Å². The summed E-state index contributed by atoms with van der Waals surface area (Å²) in [4.78, 5) is 0. The zero-order valence-corrected chi connectivity index (χ0v) is 12.9. The van der Waals surface area contributed by atoms with E-state index in [1.165, 1.54) is 12.0 Å². The molecule has 0 saturated carbocycles. The van der Waals surface area contributed by atoms with E-state index in [2.05, 4.69) is 36.0 Å². The monoisotopic (exact) mass is 285 g/mol. The molecule has 0 aliphatic rings. The van der Waals surface area contributed by atoms with Gasteiger partial charge in [-0.1, -0.05) is 13.8 Å². The molecular weight excluding hydrogens is 258 g/mol. The molecule has 1 unspecified atom stereocenters. The summed E-state index contributed by atoms with van der Waals surface area (Å²) in [5, 5.41) is 17.2. The van der Waals surface area contributed by atoms with Gasteiger partial charge in [0.1, 0.15) is 0 Å². The first-order valence-electron chi connectivity index (χ1n) is 7.16. The summed E-state index contributed by atoms with van der Waals surface area (Å²) in [6.45, 7) is 7.13. The van der Waals surface area contributed by atoms with Crippen LogP contribution in [-0.2, 0) is 11.2 Å². The van der Waals surface area contributed by atoms with Crippen LogP contribution in [0.4, 0.5) is 0 Å². The second-order valence-corrected chi connectivity index (χ2v) is 6.13. The molecule has 0 radical (unpaired) electrons. The maximum atomic E-state index is 9.73. The Labute approximate surface area is 121 Å². The molecule has 110 valence electrons. The Kier molecular flexibility index (Phi) is 9.08. The molecule has 0 aliphatic heterocycles. The van der Waals surface area contributed by atoms with Crippen LogP contribution in [-0.4, -0.2) is 37.5 Å². The minimum Gasteiger partial charge on any atom is -0.389 e. The Balaban J connectivity index is 1.89. The van der Waals surface area contributed by atoms with Crippen LogP contribution in [0.3, 0.4) is 0 Å². The highest BCUT2D eigenvalue weighted by Gasteiger charge is 2.04. The molecule has 0 saturated heterocycles. The van der Waals surface area contributed by atoms with Gasteiger partial charge in [-0.25, -0.2) is 0 Å². The summed E-state index contributed by atoms with van der Waals surface area (Å²) in [6, 6.07) is 2.14. The lowest BCUT2D eigenvalue weighted by Crippen LogP contribution is -2.31. The van der Waals surface area contributed by atoms with E-state index < -0.39 is 6.10 Å². The first-order chi connectivity index (χ1) is 9.18. The number of hydrogen-bond acceptors (Lipinski definition) is 4. The lowest BCUT2D eigenvalue weighted by atomic mass is 10.1. The molecule has 19 heavy (non-hydrogen) atoms. The molecule has 1 aromatic heterocycles. The van der Waals surface area contributed by atoms with Crippen LogP contribution in [0, 0.1) is 5.92 Å². The standard InChI is InChI=1S/C15H27NO2S/c1-13(2)4-3-8-18-11-15(17)10-16-7-5-14-6-9-19-12-14/h6,9,12-13,15-17H,3-5,7-8,10-11H2,1-2H3. The van der Waals surface area contributed by atoms with E-state index in [1.807, 2.05) is 0 Å². The Bertz CT molecular complexity index is 301. The van der Waals surface area contributed by atoms with Gasteiger partial charge >= 0.3 is 0 Å². The van der Waals surface area contributed by atoms with Gasteiger partial charge < -0.3 is 15.2 Å². The highest BCUT2D eigenvalue weighted by molar-refractivity contribution is 7.07. The smallest absolute Gasteiger partial charge is 0.0897 e. The van der Waals surface area contributed by atoms with Crippen LogP contribution in [0.15, 0.2) is 16.8 Å². The van der Waals surface area contributed by atoms with E-state index in [-0.39, 0.29) is 0 Å². The average molecular weight is 285 g/mol. The van der Waals surface area contributed by atoms with Gasteiger partial charge in [0.15, 0.2) is 0 Å². The highest BCUT2D eigenvalue weighted by Crippen LogP contribution is 2.05. The molecule has 0 bridgehead atoms. The number of hydrogen-bond donors (Lipinski definition) is 2. The molecule has 1 atom stereocenters. The predicted molar refractivity (Wildman–Crippen MR) is 81.8 cm³/mol. The molecule has 1 aromatic rings. The van der Waals surface area contributed by atoms with Crippen LogP contribution < -0.4 is 5.32 Å². The van der Waals surface area contributed by atoms with Crippen LogP contribution in [0.1, 0.15) is 32.3 Å². The van der Waals surface area contributed by atoms with Crippen molar-refractivity contribution in [3.63, 3.8) is 0 Å². The summed E-state index contributed by atoms with van der Waals surface area (Å²) in [6.07, 6.45) is 2.89. The van der Waals surface area contributed by atoms with Crippen molar-refractivity contribution in [1.82, 2.24) is 5.32 Å². The van der Waals surface area contributed by atoms with Gasteiger partial charge in [-0.05, 0) is 54.1 Å². The molecule has 1 rings (SSSR count). The van der Waals surface area contributed by atoms with Gasteiger partial charge in [-0.3, -0.25) is 0 Å². The number of aliphatic hydroxyl groups excluding tert-OH is 1. The fourth-order valence-corrected chi connectivity index (χ4v) is 2.51. The second-order valence-electron chi connectivity index (χ2n) is 5.35. The molecular formula is C15H27NO2S. The molecule has 0 fully saturated rings. The Morgan fingerprint density at radius 3 is 2.95 bits per heavy atom. The normalized spacial score (nSPS) is 13.1. The van der Waals surface area contributed by atoms with E-state index in [0.29, 0.717) is 13.2 Å². The molecule has 4 heteroatoms. The quantitative estimate of drug-likeness (QED) is 0.614. The van der Waals surface area contributed by atoms with Gasteiger partial charge in [0.25, 0.3) is 0 Å². The molecule has 3 nitrogen and oxygen atoms in total. The van der Waals surface area contributed by atoms with Crippen molar-refractivity contribution in [2.45, 2.75) is 39.2 Å². The van der Waals surface area contributed by atoms with Gasteiger partial charge in [0.2, 0.25) is 0 Å². The third-order valence-corrected chi connectivity index (χ3v) is 3.66. The largest absolute Gasteiger partial charge is 0.389 e. The summed E-state index contributed by atoms with van der Waals surface area (Å²) < 4.78 is 5.46. The second kappa shape index (κ2) is 10.4. The van der Waals surface area contributed by atoms with Crippen LogP contribution in [0.25, 0.3) is 0 Å². The minimum atomic E-state index is -0.401. The first-order valence-corrected chi connectivity index (χ1v) is 8.10. The number of thiophene rings is 1. The average Bonchev–Trinajstić information content (AvgIpc) is 2.87. The van der Waals surface area contributed by atoms with Gasteiger partial charge in [0.05, 0.1) is 12.7 Å². The lowest BCUT2D eigenvalue weighted by molar-refractivity contribution is 0.0349. The first kappa shape index (κ1) is 16.6. The third kappa shape index (κ3) is 9.16. The van der Waals surface area contributed by atoms with E-state index in [0.717, 1.165) is 31.9 Å². The molecule has 0 aromatic carbocycles. The molecule has 2 N–H and O–H groups in total. The summed E-state index contributed by atoms with van der Waals surface area (Å²) in [5.74, 6) is 0.729. The zero-order chi connectivity index (χ0) is 13.9. The van der Waals surface area contributed by atoms with Crippen molar-refractivity contribution >= 4 is 11.3 Å². The number of aliphatic hydroxyl groups is 1. The van der Waals surface area contributed by atoms with Crippen molar-refractivity contribution in [3.05, 3.63) is 22.4 Å². The number of nitrogens with one attached hydrogen (secondary N) is 1. The fraction of sp³-hybridized carbons (Fsp3) is 0.733.